The Morgan fingerprint density at radius 2 is 1.85 bits per heavy atom. The molecular formula is C20H24N2O5. The van der Waals surface area contributed by atoms with Crippen molar-refractivity contribution in [2.75, 3.05) is 46.5 Å². The molecule has 2 aromatic rings. The smallest absolute Gasteiger partial charge is 0.238 e. The minimum absolute atomic E-state index is 0.0799. The number of carbonyl (C=O) groups excluding carboxylic acids is 1. The number of hydrogen-bond acceptors (Lipinski definition) is 6. The molecule has 0 unspecified atom stereocenters. The van der Waals surface area contributed by atoms with Gasteiger partial charge in [-0.3, -0.25) is 9.69 Å². The minimum Gasteiger partial charge on any atom is -0.493 e. The predicted molar refractivity (Wildman–Crippen MR) is 102 cm³/mol. The molecule has 27 heavy (non-hydrogen) atoms. The first-order valence-corrected chi connectivity index (χ1v) is 8.68. The Hall–Kier alpha value is -2.93. The summed E-state index contributed by atoms with van der Waals surface area (Å²) in [6.45, 7) is 1.25. The van der Waals surface area contributed by atoms with E-state index in [-0.39, 0.29) is 12.7 Å². The summed E-state index contributed by atoms with van der Waals surface area (Å²) in [6, 6.07) is 11.2. The molecule has 0 radical (unpaired) electrons. The normalized spacial score (nSPS) is 12.1. The van der Waals surface area contributed by atoms with E-state index in [2.05, 4.69) is 5.32 Å². The lowest BCUT2D eigenvalue weighted by Gasteiger charge is -2.17. The standard InChI is InChI=1S/C20H24N2O5/c1-22(9-8-14-4-6-16(24-2)18(10-14)25-3)12-20(23)21-15-5-7-17-19(11-15)27-13-26-17/h4-7,10-11H,8-9,12-13H2,1-3H3,(H,21,23). The van der Waals surface area contributed by atoms with Gasteiger partial charge in [-0.2, -0.15) is 0 Å². The molecule has 1 amide bonds. The molecule has 144 valence electrons. The first-order valence-electron chi connectivity index (χ1n) is 8.68. The van der Waals surface area contributed by atoms with Gasteiger partial charge in [-0.25, -0.2) is 0 Å². The molecule has 0 spiro atoms. The van der Waals surface area contributed by atoms with Gasteiger partial charge in [-0.05, 0) is 43.3 Å². The fourth-order valence-electron chi connectivity index (χ4n) is 2.86. The molecule has 2 aromatic carbocycles. The highest BCUT2D eigenvalue weighted by atomic mass is 16.7. The van der Waals surface area contributed by atoms with Crippen LogP contribution in [0.4, 0.5) is 5.69 Å². The summed E-state index contributed by atoms with van der Waals surface area (Å²) in [5.74, 6) is 2.68. The van der Waals surface area contributed by atoms with Crippen LogP contribution in [0, 0.1) is 0 Å². The largest absolute Gasteiger partial charge is 0.493 e. The van der Waals surface area contributed by atoms with Gasteiger partial charge >= 0.3 is 0 Å². The number of methoxy groups -OCH3 is 2. The lowest BCUT2D eigenvalue weighted by molar-refractivity contribution is -0.117. The zero-order valence-electron chi connectivity index (χ0n) is 15.8. The maximum Gasteiger partial charge on any atom is 0.238 e. The monoisotopic (exact) mass is 372 g/mol. The molecule has 1 heterocycles. The fourth-order valence-corrected chi connectivity index (χ4v) is 2.86. The second-order valence-corrected chi connectivity index (χ2v) is 6.29. The van der Waals surface area contributed by atoms with E-state index in [0.29, 0.717) is 35.2 Å². The van der Waals surface area contributed by atoms with Gasteiger partial charge in [0.2, 0.25) is 12.7 Å². The van der Waals surface area contributed by atoms with Crippen molar-refractivity contribution in [1.29, 1.82) is 0 Å². The lowest BCUT2D eigenvalue weighted by atomic mass is 10.1. The van der Waals surface area contributed by atoms with Crippen molar-refractivity contribution < 1.29 is 23.7 Å². The van der Waals surface area contributed by atoms with Gasteiger partial charge in [-0.1, -0.05) is 6.07 Å². The zero-order valence-corrected chi connectivity index (χ0v) is 15.8. The average Bonchev–Trinajstić information content (AvgIpc) is 3.13. The summed E-state index contributed by atoms with van der Waals surface area (Å²) in [6.07, 6.45) is 0.800. The van der Waals surface area contributed by atoms with Crippen LogP contribution in [0.1, 0.15) is 5.56 Å². The van der Waals surface area contributed by atoms with Gasteiger partial charge in [-0.15, -0.1) is 0 Å². The van der Waals surface area contributed by atoms with Gasteiger partial charge in [0.15, 0.2) is 23.0 Å². The van der Waals surface area contributed by atoms with Gasteiger partial charge < -0.3 is 24.3 Å². The van der Waals surface area contributed by atoms with E-state index >= 15 is 0 Å². The first-order chi connectivity index (χ1) is 13.1. The number of hydrogen-bond donors (Lipinski definition) is 1. The fraction of sp³-hybridized carbons (Fsp3) is 0.350. The van der Waals surface area contributed by atoms with E-state index < -0.39 is 0 Å². The van der Waals surface area contributed by atoms with Crippen LogP contribution in [0.3, 0.4) is 0 Å². The van der Waals surface area contributed by atoms with Crippen molar-refractivity contribution in [3.05, 3.63) is 42.0 Å². The Labute approximate surface area is 158 Å². The maximum absolute atomic E-state index is 12.3. The van der Waals surface area contributed by atoms with Crippen molar-refractivity contribution in [3.63, 3.8) is 0 Å². The third-order valence-corrected chi connectivity index (χ3v) is 4.30. The summed E-state index contributed by atoms with van der Waals surface area (Å²) < 4.78 is 21.2. The number of benzene rings is 2. The molecule has 7 nitrogen and oxygen atoms in total. The molecule has 7 heteroatoms. The highest BCUT2D eigenvalue weighted by Gasteiger charge is 2.15. The molecule has 3 rings (SSSR count). The molecule has 0 aromatic heterocycles. The van der Waals surface area contributed by atoms with Crippen LogP contribution in [0.2, 0.25) is 0 Å². The molecule has 0 atom stereocenters. The van der Waals surface area contributed by atoms with Crippen LogP contribution in [0.15, 0.2) is 36.4 Å². The Morgan fingerprint density at radius 3 is 2.63 bits per heavy atom. The van der Waals surface area contributed by atoms with Crippen molar-refractivity contribution >= 4 is 11.6 Å². The number of likely N-dealkylation sites (N-methyl/N-ethyl adjacent to an activating group) is 1. The van der Waals surface area contributed by atoms with Crippen LogP contribution in [0.25, 0.3) is 0 Å². The van der Waals surface area contributed by atoms with Gasteiger partial charge in [0.1, 0.15) is 0 Å². The number of carbonyl (C=O) groups is 1. The van der Waals surface area contributed by atoms with E-state index in [9.17, 15) is 4.79 Å². The van der Waals surface area contributed by atoms with Crippen LogP contribution >= 0.6 is 0 Å². The average molecular weight is 372 g/mol. The number of ether oxygens (including phenoxy) is 4. The van der Waals surface area contributed by atoms with Crippen molar-refractivity contribution in [3.8, 4) is 23.0 Å². The molecule has 0 fully saturated rings. The molecule has 0 saturated carbocycles. The molecule has 0 saturated heterocycles. The Balaban J connectivity index is 1.49. The van der Waals surface area contributed by atoms with E-state index in [0.717, 1.165) is 18.5 Å². The van der Waals surface area contributed by atoms with Gasteiger partial charge in [0.25, 0.3) is 0 Å². The van der Waals surface area contributed by atoms with E-state index in [1.165, 1.54) is 0 Å². The van der Waals surface area contributed by atoms with E-state index in [1.807, 2.05) is 30.1 Å². The quantitative estimate of drug-likeness (QED) is 0.768. The molecule has 0 aliphatic carbocycles. The minimum atomic E-state index is -0.0799. The third-order valence-electron chi connectivity index (χ3n) is 4.30. The summed E-state index contributed by atoms with van der Waals surface area (Å²) in [7, 11) is 5.15. The lowest BCUT2D eigenvalue weighted by Crippen LogP contribution is -2.31. The molecule has 1 aliphatic rings. The van der Waals surface area contributed by atoms with Crippen molar-refractivity contribution in [1.82, 2.24) is 4.90 Å². The van der Waals surface area contributed by atoms with Crippen LogP contribution < -0.4 is 24.3 Å². The summed E-state index contributed by atoms with van der Waals surface area (Å²) in [5.41, 5.74) is 1.81. The predicted octanol–water partition coefficient (Wildman–Crippen LogP) is 2.55. The van der Waals surface area contributed by atoms with E-state index in [1.54, 1.807) is 32.4 Å². The SMILES string of the molecule is COc1ccc(CCN(C)CC(=O)Nc2ccc3c(c2)OCO3)cc1OC. The zero-order chi connectivity index (χ0) is 19.2. The maximum atomic E-state index is 12.3. The number of anilines is 1. The first kappa shape index (κ1) is 18.8. The van der Waals surface area contributed by atoms with Gasteiger partial charge in [0.05, 0.1) is 20.8 Å². The molecule has 1 aliphatic heterocycles. The highest BCUT2D eigenvalue weighted by molar-refractivity contribution is 5.92. The van der Waals surface area contributed by atoms with E-state index in [4.69, 9.17) is 18.9 Å². The molecule has 0 bridgehead atoms. The number of amides is 1. The summed E-state index contributed by atoms with van der Waals surface area (Å²) >= 11 is 0. The number of nitrogens with one attached hydrogen (secondary N) is 1. The molecular weight excluding hydrogens is 348 g/mol. The van der Waals surface area contributed by atoms with Crippen molar-refractivity contribution in [2.45, 2.75) is 6.42 Å². The number of fused-ring (bicyclic) bond motifs is 1. The highest BCUT2D eigenvalue weighted by Crippen LogP contribution is 2.34. The van der Waals surface area contributed by atoms with Crippen molar-refractivity contribution in [2.24, 2.45) is 0 Å². The molecule has 1 N–H and O–H groups in total. The summed E-state index contributed by atoms with van der Waals surface area (Å²) in [4.78, 5) is 14.2. The van der Waals surface area contributed by atoms with Gasteiger partial charge in [0, 0.05) is 18.3 Å². The van der Waals surface area contributed by atoms with Crippen LogP contribution in [-0.2, 0) is 11.2 Å². The van der Waals surface area contributed by atoms with Crippen LogP contribution in [-0.4, -0.2) is 52.0 Å². The second kappa shape index (κ2) is 8.64. The Morgan fingerprint density at radius 1 is 1.07 bits per heavy atom. The second-order valence-electron chi connectivity index (χ2n) is 6.29. The summed E-state index contributed by atoms with van der Waals surface area (Å²) in [5, 5.41) is 2.88. The number of rotatable bonds is 8. The number of nitrogens with zero attached hydrogens (tertiary/aromatic N) is 1. The Kier molecular flexibility index (Phi) is 6.03. The van der Waals surface area contributed by atoms with Crippen LogP contribution in [0.5, 0.6) is 23.0 Å². The Bertz CT molecular complexity index is 809. The topological polar surface area (TPSA) is 69.3 Å². The third kappa shape index (κ3) is 4.83.